The third kappa shape index (κ3) is 4.50. The molecule has 0 spiro atoms. The smallest absolute Gasteiger partial charge is 0.198 e. The zero-order valence-electron chi connectivity index (χ0n) is 29.4. The molecule has 3 aromatic carbocycles. The van der Waals surface area contributed by atoms with Gasteiger partial charge in [0.1, 0.15) is 0 Å². The van der Waals surface area contributed by atoms with E-state index in [-0.39, 0.29) is 0 Å². The molecule has 0 aromatic heterocycles. The van der Waals surface area contributed by atoms with Gasteiger partial charge in [0.15, 0.2) is 12.7 Å². The first-order chi connectivity index (χ1) is 24.3. The van der Waals surface area contributed by atoms with Gasteiger partial charge in [0, 0.05) is 24.0 Å². The van der Waals surface area contributed by atoms with Crippen LogP contribution in [0.25, 0.3) is 22.3 Å². The second kappa shape index (κ2) is 11.8. The normalized spacial score (nSPS) is 38.8. The Balaban J connectivity index is 1.09. The van der Waals surface area contributed by atoms with E-state index >= 15 is 0 Å². The molecular weight excluding hydrogens is 593 g/mol. The summed E-state index contributed by atoms with van der Waals surface area (Å²) in [6.45, 7) is 0.598. The summed E-state index contributed by atoms with van der Waals surface area (Å²) in [6, 6.07) is 33.4. The number of guanidine groups is 1. The number of nitrogens with zero attached hydrogens (tertiary/aromatic N) is 3. The number of benzene rings is 3. The molecule has 11 unspecified atom stereocenters. The monoisotopic (exact) mass is 647 g/mol. The van der Waals surface area contributed by atoms with Crippen molar-refractivity contribution >= 4 is 18.1 Å². The lowest BCUT2D eigenvalue weighted by Gasteiger charge is -2.68. The van der Waals surface area contributed by atoms with Crippen LogP contribution in [-0.4, -0.2) is 52.7 Å². The van der Waals surface area contributed by atoms with Crippen LogP contribution in [0.2, 0.25) is 11.6 Å². The second-order valence-corrected chi connectivity index (χ2v) is 17.8. The lowest BCUT2D eigenvalue weighted by Crippen LogP contribution is -2.76. The minimum Gasteiger partial charge on any atom is -0.337 e. The summed E-state index contributed by atoms with van der Waals surface area (Å²) < 4.78 is 0. The summed E-state index contributed by atoms with van der Waals surface area (Å²) in [5, 5.41) is 0. The molecule has 7 fully saturated rings. The Morgan fingerprint density at radius 3 is 1.92 bits per heavy atom. The van der Waals surface area contributed by atoms with Crippen molar-refractivity contribution in [2.45, 2.75) is 138 Å². The lowest BCUT2D eigenvalue weighted by molar-refractivity contribution is -0.0599. The maximum absolute atomic E-state index is 5.97. The molecule has 49 heavy (non-hydrogen) atoms. The summed E-state index contributed by atoms with van der Waals surface area (Å²) in [6.07, 6.45) is 21.3. The van der Waals surface area contributed by atoms with E-state index in [0.29, 0.717) is 42.5 Å². The lowest BCUT2D eigenvalue weighted by atomic mass is 9.22. The average Bonchev–Trinajstić information content (AvgIpc) is 3.54. The zero-order valence-corrected chi connectivity index (χ0v) is 29.4. The van der Waals surface area contributed by atoms with Gasteiger partial charge in [-0.15, -0.1) is 0 Å². The van der Waals surface area contributed by atoms with Crippen molar-refractivity contribution in [3.05, 3.63) is 78.9 Å². The second-order valence-electron chi connectivity index (χ2n) is 17.8. The molecule has 11 rings (SSSR count). The molecule has 252 valence electrons. The molecule has 3 heterocycles. The van der Waals surface area contributed by atoms with Gasteiger partial charge in [0.25, 0.3) is 0 Å². The average molecular weight is 648 g/mol. The van der Waals surface area contributed by atoms with Gasteiger partial charge in [0.05, 0.1) is 12.1 Å². The van der Waals surface area contributed by atoms with E-state index in [1.54, 1.807) is 5.46 Å². The first-order valence-electron chi connectivity index (χ1n) is 20.7. The number of hydrogen-bond donors (Lipinski definition) is 0. The van der Waals surface area contributed by atoms with Crippen molar-refractivity contribution in [3.63, 3.8) is 0 Å². The topological polar surface area (TPSA) is 18.8 Å². The van der Waals surface area contributed by atoms with Crippen LogP contribution in [0.5, 0.6) is 0 Å². The van der Waals surface area contributed by atoms with Gasteiger partial charge in [0.2, 0.25) is 0 Å². The van der Waals surface area contributed by atoms with Gasteiger partial charge in [-0.3, -0.25) is 0 Å². The molecule has 4 heteroatoms. The van der Waals surface area contributed by atoms with E-state index in [0.717, 1.165) is 29.7 Å². The molecule has 3 nitrogen and oxygen atoms in total. The van der Waals surface area contributed by atoms with Crippen LogP contribution in [-0.2, 0) is 0 Å². The van der Waals surface area contributed by atoms with Crippen molar-refractivity contribution in [1.82, 2.24) is 9.80 Å². The summed E-state index contributed by atoms with van der Waals surface area (Å²) in [5.41, 5.74) is 7.47. The molecule has 8 aliphatic rings. The van der Waals surface area contributed by atoms with E-state index in [9.17, 15) is 0 Å². The van der Waals surface area contributed by atoms with E-state index in [4.69, 9.17) is 4.99 Å². The Morgan fingerprint density at radius 1 is 0.510 bits per heavy atom. The molecule has 0 radical (unpaired) electrons. The first-order valence-corrected chi connectivity index (χ1v) is 20.7. The highest BCUT2D eigenvalue weighted by Gasteiger charge is 2.65. The maximum atomic E-state index is 5.97. The molecule has 5 saturated carbocycles. The number of aliphatic imine (C=N–C) groups is 1. The van der Waals surface area contributed by atoms with Crippen LogP contribution in [0.4, 0.5) is 0 Å². The Morgan fingerprint density at radius 2 is 1.16 bits per heavy atom. The summed E-state index contributed by atoms with van der Waals surface area (Å²) >= 11 is 0. The van der Waals surface area contributed by atoms with Gasteiger partial charge in [-0.05, 0) is 83.7 Å². The first kappa shape index (κ1) is 29.7. The fourth-order valence-electron chi connectivity index (χ4n) is 14.2. The Hall–Kier alpha value is -3.01. The highest BCUT2D eigenvalue weighted by molar-refractivity contribution is 6.79. The molecule has 11 atom stereocenters. The quantitative estimate of drug-likeness (QED) is 0.264. The molecule has 3 aliphatic heterocycles. The van der Waals surface area contributed by atoms with E-state index in [1.807, 2.05) is 0 Å². The highest BCUT2D eigenvalue weighted by atomic mass is 15.5. The molecule has 0 amide bonds. The van der Waals surface area contributed by atoms with E-state index in [1.165, 1.54) is 125 Å². The predicted octanol–water partition coefficient (Wildman–Crippen LogP) is 9.69. The minimum absolute atomic E-state index is 0.552. The number of hydrogen-bond acceptors (Lipinski definition) is 3. The molecule has 0 N–H and O–H groups in total. The van der Waals surface area contributed by atoms with Crippen LogP contribution in [0.15, 0.2) is 83.9 Å². The Labute approximate surface area is 295 Å². The van der Waals surface area contributed by atoms with Crippen molar-refractivity contribution in [2.24, 2.45) is 28.7 Å². The zero-order chi connectivity index (χ0) is 32.1. The molecule has 0 bridgehead atoms. The maximum Gasteiger partial charge on any atom is 0.198 e. The van der Waals surface area contributed by atoms with Gasteiger partial charge < -0.3 is 9.80 Å². The molecule has 5 aliphatic carbocycles. The summed E-state index contributed by atoms with van der Waals surface area (Å²) in [7, 11) is 0. The number of fused-ring (bicyclic) bond motifs is 8. The molecular formula is C45H54BN3. The number of rotatable bonds is 3. The fourth-order valence-corrected chi connectivity index (χ4v) is 14.2. The van der Waals surface area contributed by atoms with E-state index < -0.39 is 0 Å². The minimum atomic E-state index is 0.552. The fraction of sp³-hybridized carbons (Fsp3) is 0.578. The predicted molar refractivity (Wildman–Crippen MR) is 203 cm³/mol. The van der Waals surface area contributed by atoms with Gasteiger partial charge in [-0.2, -0.15) is 0 Å². The van der Waals surface area contributed by atoms with Crippen LogP contribution >= 0.6 is 0 Å². The standard InChI is InChI=1S/C45H54BN3/c1-3-13-29(14-4-1)34-20-12-21-35(30-15-5-2-6-16-30)43(34)46-36-22-9-10-23-39(36)49-44-37(46)26-25-31-19-11-24-40(42(31)44)48-41-28-33-18-8-7-17-32(33)27-38(41)47-45(48)49/h1-6,12-16,20-21,31-33,36-42,44H,7-11,17-19,22-28H2. The van der Waals surface area contributed by atoms with Crippen molar-refractivity contribution in [2.75, 3.05) is 0 Å². The van der Waals surface area contributed by atoms with Crippen LogP contribution in [0.1, 0.15) is 96.3 Å². The largest absolute Gasteiger partial charge is 0.337 e. The third-order valence-electron chi connectivity index (χ3n) is 15.8. The highest BCUT2D eigenvalue weighted by Crippen LogP contribution is 2.61. The van der Waals surface area contributed by atoms with Crippen molar-refractivity contribution in [1.29, 1.82) is 0 Å². The van der Waals surface area contributed by atoms with Gasteiger partial charge in [-0.25, -0.2) is 4.99 Å². The third-order valence-corrected chi connectivity index (χ3v) is 15.8. The SMILES string of the molecule is c1ccc(-c2cccc(-c3ccccc3)c2B2C3CCCCC3N3C4=NC5CC6CCCCC6CC5N4C4CCCC5CCC2C3C54)cc1. The van der Waals surface area contributed by atoms with Crippen LogP contribution in [0.3, 0.4) is 0 Å². The Kier molecular flexibility index (Phi) is 7.14. The van der Waals surface area contributed by atoms with Crippen molar-refractivity contribution < 1.29 is 0 Å². The van der Waals surface area contributed by atoms with Gasteiger partial charge >= 0.3 is 0 Å². The van der Waals surface area contributed by atoms with Gasteiger partial charge in [-0.1, -0.05) is 149 Å². The molecule has 2 saturated heterocycles. The Bertz CT molecular complexity index is 1660. The van der Waals surface area contributed by atoms with Crippen LogP contribution < -0.4 is 5.46 Å². The van der Waals surface area contributed by atoms with Crippen molar-refractivity contribution in [3.8, 4) is 22.3 Å². The van der Waals surface area contributed by atoms with E-state index in [2.05, 4.69) is 88.7 Å². The van der Waals surface area contributed by atoms with Crippen LogP contribution in [0, 0.1) is 23.7 Å². The summed E-state index contributed by atoms with van der Waals surface area (Å²) in [4.78, 5) is 12.2. The summed E-state index contributed by atoms with van der Waals surface area (Å²) in [5.74, 6) is 6.50. The molecule has 3 aromatic rings.